The Hall–Kier alpha value is -3.73. The van der Waals surface area contributed by atoms with Crippen LogP contribution in [-0.4, -0.2) is 52.1 Å². The minimum Gasteiger partial charge on any atom is -0.378 e. The van der Waals surface area contributed by atoms with Gasteiger partial charge < -0.3 is 15.0 Å². The quantitative estimate of drug-likeness (QED) is 0.341. The van der Waals surface area contributed by atoms with Crippen LogP contribution in [0.15, 0.2) is 60.5 Å². The first-order valence-electron chi connectivity index (χ1n) is 11.5. The average Bonchev–Trinajstić information content (AvgIpc) is 3.61. The molecule has 1 N–H and O–H groups in total. The monoisotopic (exact) mass is 514 g/mol. The van der Waals surface area contributed by atoms with Crippen molar-refractivity contribution in [2.24, 2.45) is 0 Å². The molecular weight excluding hydrogens is 492 g/mol. The predicted molar refractivity (Wildman–Crippen MR) is 144 cm³/mol. The number of aromatic nitrogens is 4. The molecule has 0 atom stereocenters. The van der Waals surface area contributed by atoms with Crippen LogP contribution < -0.4 is 10.2 Å². The number of nitrogens with one attached hydrogen (secondary N) is 1. The standard InChI is InChI=1S/C26H22N6O2S2/c1-16-18(5-2-6-19(16)30-26(33)22-14-28-15-35-22)24-29-20-12-21(17-4-3-7-27-13-17)36-23(20)25(31-24)32-8-10-34-11-9-32/h2-7,12-15H,8-11H2,1H3,(H,30,33). The number of rotatable bonds is 5. The molecule has 1 aromatic carbocycles. The smallest absolute Gasteiger partial charge is 0.267 e. The van der Waals surface area contributed by atoms with E-state index in [1.165, 1.54) is 11.3 Å². The second kappa shape index (κ2) is 9.73. The van der Waals surface area contributed by atoms with Gasteiger partial charge >= 0.3 is 0 Å². The van der Waals surface area contributed by atoms with Gasteiger partial charge in [-0.15, -0.1) is 22.7 Å². The van der Waals surface area contributed by atoms with E-state index in [1.54, 1.807) is 29.2 Å². The van der Waals surface area contributed by atoms with Gasteiger partial charge in [0, 0.05) is 47.2 Å². The van der Waals surface area contributed by atoms with Crippen LogP contribution in [0, 0.1) is 6.92 Å². The number of benzene rings is 1. The minimum absolute atomic E-state index is 0.179. The number of ether oxygens (including phenoxy) is 1. The third-order valence-electron chi connectivity index (χ3n) is 6.09. The van der Waals surface area contributed by atoms with Gasteiger partial charge in [0.05, 0.1) is 35.1 Å². The molecule has 1 fully saturated rings. The number of thiazole rings is 1. The van der Waals surface area contributed by atoms with Crippen molar-refractivity contribution < 1.29 is 9.53 Å². The summed E-state index contributed by atoms with van der Waals surface area (Å²) in [5.74, 6) is 1.37. The molecule has 8 nitrogen and oxygen atoms in total. The van der Waals surface area contributed by atoms with Gasteiger partial charge in [0.25, 0.3) is 5.91 Å². The number of pyridine rings is 1. The third kappa shape index (κ3) is 4.34. The number of carbonyl (C=O) groups excluding carboxylic acids is 1. The maximum Gasteiger partial charge on any atom is 0.267 e. The molecule has 0 aliphatic carbocycles. The number of thiophene rings is 1. The van der Waals surface area contributed by atoms with Crippen molar-refractivity contribution in [3.63, 3.8) is 0 Å². The number of nitrogens with zero attached hydrogens (tertiary/aromatic N) is 5. The fraction of sp³-hybridized carbons (Fsp3) is 0.192. The second-order valence-electron chi connectivity index (χ2n) is 8.33. The predicted octanol–water partition coefficient (Wildman–Crippen LogP) is 5.27. The normalized spacial score (nSPS) is 13.8. The van der Waals surface area contributed by atoms with Crippen LogP contribution in [0.5, 0.6) is 0 Å². The third-order valence-corrected chi connectivity index (χ3v) is 8.03. The summed E-state index contributed by atoms with van der Waals surface area (Å²) in [7, 11) is 0. The van der Waals surface area contributed by atoms with Gasteiger partial charge in [-0.2, -0.15) is 0 Å². The van der Waals surface area contributed by atoms with Gasteiger partial charge in [-0.25, -0.2) is 9.97 Å². The van der Waals surface area contributed by atoms with E-state index in [1.807, 2.05) is 37.4 Å². The fourth-order valence-corrected chi connectivity index (χ4v) is 5.82. The first-order valence-corrected chi connectivity index (χ1v) is 13.2. The Kier molecular flexibility index (Phi) is 6.14. The van der Waals surface area contributed by atoms with E-state index in [-0.39, 0.29) is 5.91 Å². The molecule has 4 aromatic heterocycles. The lowest BCUT2D eigenvalue weighted by Crippen LogP contribution is -2.36. The molecule has 36 heavy (non-hydrogen) atoms. The highest BCUT2D eigenvalue weighted by molar-refractivity contribution is 7.22. The van der Waals surface area contributed by atoms with Gasteiger partial charge in [0.2, 0.25) is 0 Å². The van der Waals surface area contributed by atoms with Crippen LogP contribution in [0.2, 0.25) is 0 Å². The summed E-state index contributed by atoms with van der Waals surface area (Å²) >= 11 is 2.99. The van der Waals surface area contributed by atoms with Crippen molar-refractivity contribution in [1.29, 1.82) is 0 Å². The van der Waals surface area contributed by atoms with E-state index in [2.05, 4.69) is 32.3 Å². The summed E-state index contributed by atoms with van der Waals surface area (Å²) in [6, 6.07) is 11.9. The molecular formula is C26H22N6O2S2. The summed E-state index contributed by atoms with van der Waals surface area (Å²) in [4.78, 5) is 34.9. The van der Waals surface area contributed by atoms with Crippen molar-refractivity contribution in [1.82, 2.24) is 19.9 Å². The SMILES string of the molecule is Cc1c(NC(=O)c2cncs2)cccc1-c1nc(N2CCOCC2)c2sc(-c3cccnc3)cc2n1. The highest BCUT2D eigenvalue weighted by Gasteiger charge is 2.22. The average molecular weight is 515 g/mol. The molecule has 1 amide bonds. The van der Waals surface area contributed by atoms with Crippen LogP contribution in [0.3, 0.4) is 0 Å². The largest absolute Gasteiger partial charge is 0.378 e. The number of morpholine rings is 1. The zero-order valence-electron chi connectivity index (χ0n) is 19.5. The van der Waals surface area contributed by atoms with Gasteiger partial charge in [0.1, 0.15) is 4.88 Å². The Morgan fingerprint density at radius 3 is 2.75 bits per heavy atom. The molecule has 0 spiro atoms. The van der Waals surface area contributed by atoms with Crippen LogP contribution in [0.1, 0.15) is 15.2 Å². The molecule has 180 valence electrons. The Labute approximate surface area is 215 Å². The van der Waals surface area contributed by atoms with Gasteiger partial charge in [-0.1, -0.05) is 18.2 Å². The molecule has 6 rings (SSSR count). The molecule has 5 heterocycles. The van der Waals surface area contributed by atoms with Crippen LogP contribution in [0.25, 0.3) is 32.0 Å². The Balaban J connectivity index is 1.45. The van der Waals surface area contributed by atoms with Crippen LogP contribution >= 0.6 is 22.7 Å². The lowest BCUT2D eigenvalue weighted by molar-refractivity contribution is 0.103. The van der Waals surface area contributed by atoms with Crippen molar-refractivity contribution in [2.75, 3.05) is 36.5 Å². The molecule has 0 bridgehead atoms. The molecule has 5 aromatic rings. The van der Waals surface area contributed by atoms with Crippen molar-refractivity contribution in [3.05, 3.63) is 70.9 Å². The molecule has 0 radical (unpaired) electrons. The lowest BCUT2D eigenvalue weighted by atomic mass is 10.1. The van der Waals surface area contributed by atoms with Crippen molar-refractivity contribution in [3.8, 4) is 21.8 Å². The second-order valence-corrected chi connectivity index (χ2v) is 10.3. The number of anilines is 2. The molecule has 1 aliphatic rings. The fourth-order valence-electron chi connectivity index (χ4n) is 4.20. The van der Waals surface area contributed by atoms with E-state index < -0.39 is 0 Å². The van der Waals surface area contributed by atoms with E-state index >= 15 is 0 Å². The maximum absolute atomic E-state index is 12.7. The van der Waals surface area contributed by atoms with E-state index in [9.17, 15) is 4.79 Å². The molecule has 10 heteroatoms. The van der Waals surface area contributed by atoms with Crippen molar-refractivity contribution >= 4 is 50.3 Å². The summed E-state index contributed by atoms with van der Waals surface area (Å²) < 4.78 is 6.64. The number of fused-ring (bicyclic) bond motifs is 1. The number of hydrogen-bond donors (Lipinski definition) is 1. The molecule has 1 aliphatic heterocycles. The Morgan fingerprint density at radius 2 is 1.97 bits per heavy atom. The van der Waals surface area contributed by atoms with Crippen molar-refractivity contribution in [2.45, 2.75) is 6.92 Å². The van der Waals surface area contributed by atoms with E-state index in [0.29, 0.717) is 23.9 Å². The highest BCUT2D eigenvalue weighted by atomic mass is 32.1. The van der Waals surface area contributed by atoms with Crippen LogP contribution in [0.4, 0.5) is 11.5 Å². The lowest BCUT2D eigenvalue weighted by Gasteiger charge is -2.28. The van der Waals surface area contributed by atoms with Gasteiger partial charge in [-0.3, -0.25) is 14.8 Å². The minimum atomic E-state index is -0.179. The summed E-state index contributed by atoms with van der Waals surface area (Å²) in [6.07, 6.45) is 5.21. The summed E-state index contributed by atoms with van der Waals surface area (Å²) in [6.45, 7) is 4.86. The maximum atomic E-state index is 12.7. The zero-order chi connectivity index (χ0) is 24.5. The summed E-state index contributed by atoms with van der Waals surface area (Å²) in [5, 5.41) is 3.01. The van der Waals surface area contributed by atoms with E-state index in [0.717, 1.165) is 56.4 Å². The van der Waals surface area contributed by atoms with E-state index in [4.69, 9.17) is 14.7 Å². The number of carbonyl (C=O) groups is 1. The summed E-state index contributed by atoms with van der Waals surface area (Å²) in [5.41, 5.74) is 6.11. The van der Waals surface area contributed by atoms with Crippen LogP contribution in [-0.2, 0) is 4.74 Å². The topological polar surface area (TPSA) is 93.1 Å². The zero-order valence-corrected chi connectivity index (χ0v) is 21.1. The first-order chi connectivity index (χ1) is 17.7. The molecule has 1 saturated heterocycles. The van der Waals surface area contributed by atoms with Gasteiger partial charge in [-0.05, 0) is 30.7 Å². The molecule has 0 saturated carbocycles. The first kappa shape index (κ1) is 22.7. The Bertz CT molecular complexity index is 1530. The Morgan fingerprint density at radius 1 is 1.08 bits per heavy atom. The molecule has 0 unspecified atom stereocenters. The number of hydrogen-bond acceptors (Lipinski definition) is 9. The van der Waals surface area contributed by atoms with Gasteiger partial charge in [0.15, 0.2) is 11.6 Å². The highest BCUT2D eigenvalue weighted by Crippen LogP contribution is 2.39. The number of amides is 1.